The molecule has 1 heterocycles. The molecule has 1 aromatic rings. The van der Waals surface area contributed by atoms with Crippen molar-refractivity contribution in [3.05, 3.63) is 36.3 Å². The van der Waals surface area contributed by atoms with Gasteiger partial charge in [0.15, 0.2) is 5.76 Å². The Hall–Kier alpha value is -1.94. The molecule has 0 aliphatic rings. The van der Waals surface area contributed by atoms with Gasteiger partial charge >= 0.3 is 0 Å². The maximum absolute atomic E-state index is 8.20. The number of furan rings is 1. The minimum Gasteiger partial charge on any atom is -0.456 e. The van der Waals surface area contributed by atoms with Gasteiger partial charge in [-0.15, -0.1) is 0 Å². The van der Waals surface area contributed by atoms with Crippen LogP contribution in [0, 0.1) is 23.7 Å². The monoisotopic (exact) mass is 187 g/mol. The molecule has 3 heteroatoms. The summed E-state index contributed by atoms with van der Waals surface area (Å²) in [7, 11) is 0. The topological polar surface area (TPSA) is 45.4 Å². The van der Waals surface area contributed by atoms with Gasteiger partial charge in [-0.25, -0.2) is 5.48 Å². The summed E-state index contributed by atoms with van der Waals surface area (Å²) in [5.74, 6) is 11.3. The van der Waals surface area contributed by atoms with Crippen molar-refractivity contribution in [3.8, 4) is 23.7 Å². The summed E-state index contributed by atoms with van der Waals surface area (Å²) in [5.41, 5.74) is 1.98. The van der Waals surface area contributed by atoms with Gasteiger partial charge in [0.05, 0.1) is 6.26 Å². The zero-order chi connectivity index (χ0) is 10.1. The van der Waals surface area contributed by atoms with Gasteiger partial charge in [-0.05, 0) is 36.0 Å². The van der Waals surface area contributed by atoms with Crippen LogP contribution < -0.4 is 5.48 Å². The minimum atomic E-state index is 0.375. The molecule has 3 nitrogen and oxygen atoms in total. The van der Waals surface area contributed by atoms with E-state index in [1.165, 1.54) is 0 Å². The molecule has 0 saturated heterocycles. The Bertz CT molecular complexity index is 396. The third kappa shape index (κ3) is 4.18. The first-order valence-corrected chi connectivity index (χ1v) is 4.00. The average Bonchev–Trinajstić information content (AvgIpc) is 2.69. The third-order valence-electron chi connectivity index (χ3n) is 1.25. The van der Waals surface area contributed by atoms with E-state index in [1.807, 2.05) is 5.48 Å². The van der Waals surface area contributed by atoms with Crippen LogP contribution >= 0.6 is 0 Å². The van der Waals surface area contributed by atoms with E-state index in [-0.39, 0.29) is 0 Å². The highest BCUT2D eigenvalue weighted by Crippen LogP contribution is 1.95. The Balaban J connectivity index is 2.39. The number of rotatable bonds is 2. The van der Waals surface area contributed by atoms with Crippen molar-refractivity contribution in [3.63, 3.8) is 0 Å². The molecule has 0 fully saturated rings. The summed E-state index contributed by atoms with van der Waals surface area (Å²) in [6.07, 6.45) is 4.85. The fourth-order valence-electron chi connectivity index (χ4n) is 0.691. The van der Waals surface area contributed by atoms with Crippen molar-refractivity contribution in [1.82, 2.24) is 5.48 Å². The van der Waals surface area contributed by atoms with E-state index in [9.17, 15) is 0 Å². The molecule has 1 rings (SSSR count). The molecule has 0 aliphatic carbocycles. The molecule has 0 unspecified atom stereocenters. The van der Waals surface area contributed by atoms with E-state index in [1.54, 1.807) is 30.5 Å². The van der Waals surface area contributed by atoms with Gasteiger partial charge in [0, 0.05) is 6.54 Å². The van der Waals surface area contributed by atoms with Crippen LogP contribution in [0.25, 0.3) is 0 Å². The standard InChI is InChI=1S/C11H9NO2/c13-12-9-5-3-1-2-4-7-11-8-6-10-14-11/h3,5-6,8,10,12-13H,9H2/b5-3-. The summed E-state index contributed by atoms with van der Waals surface area (Å²) < 4.78 is 4.98. The predicted molar refractivity (Wildman–Crippen MR) is 52.3 cm³/mol. The molecule has 70 valence electrons. The number of hydrogen-bond acceptors (Lipinski definition) is 3. The smallest absolute Gasteiger partial charge is 0.177 e. The van der Waals surface area contributed by atoms with E-state index in [4.69, 9.17) is 9.62 Å². The highest BCUT2D eigenvalue weighted by molar-refractivity contribution is 5.36. The zero-order valence-corrected chi connectivity index (χ0v) is 7.45. The SMILES string of the molecule is ONC/C=C\C#CC#Cc1ccco1. The van der Waals surface area contributed by atoms with Crippen LogP contribution in [0.1, 0.15) is 5.76 Å². The van der Waals surface area contributed by atoms with E-state index in [0.29, 0.717) is 12.3 Å². The molecule has 0 bridgehead atoms. The van der Waals surface area contributed by atoms with Crippen molar-refractivity contribution in [2.45, 2.75) is 0 Å². The Morgan fingerprint density at radius 1 is 1.50 bits per heavy atom. The summed E-state index contributed by atoms with van der Waals surface area (Å²) in [6, 6.07) is 3.53. The van der Waals surface area contributed by atoms with E-state index in [0.717, 1.165) is 0 Å². The fraction of sp³-hybridized carbons (Fsp3) is 0.0909. The van der Waals surface area contributed by atoms with E-state index < -0.39 is 0 Å². The lowest BCUT2D eigenvalue weighted by atomic mass is 10.4. The van der Waals surface area contributed by atoms with Gasteiger partial charge in [0.25, 0.3) is 0 Å². The van der Waals surface area contributed by atoms with Crippen molar-refractivity contribution < 1.29 is 9.62 Å². The molecule has 0 aromatic carbocycles. The van der Waals surface area contributed by atoms with Crippen LogP contribution in [0.2, 0.25) is 0 Å². The highest BCUT2D eigenvalue weighted by atomic mass is 16.5. The normalized spacial score (nSPS) is 8.93. The summed E-state index contributed by atoms with van der Waals surface area (Å²) >= 11 is 0. The Morgan fingerprint density at radius 3 is 3.14 bits per heavy atom. The number of hydrogen-bond donors (Lipinski definition) is 2. The van der Waals surface area contributed by atoms with Crippen molar-refractivity contribution in [2.75, 3.05) is 6.54 Å². The number of nitrogens with one attached hydrogen (secondary N) is 1. The first-order chi connectivity index (χ1) is 6.93. The van der Waals surface area contributed by atoms with E-state index in [2.05, 4.69) is 23.7 Å². The second-order valence-electron chi connectivity index (χ2n) is 2.26. The first-order valence-electron chi connectivity index (χ1n) is 4.00. The maximum Gasteiger partial charge on any atom is 0.177 e. The molecule has 0 spiro atoms. The fourth-order valence-corrected chi connectivity index (χ4v) is 0.691. The molecule has 0 radical (unpaired) electrons. The summed E-state index contributed by atoms with van der Waals surface area (Å²) in [6.45, 7) is 0.375. The minimum absolute atomic E-state index is 0.375. The van der Waals surface area contributed by atoms with Crippen molar-refractivity contribution in [2.24, 2.45) is 0 Å². The van der Waals surface area contributed by atoms with Crippen LogP contribution in [0.15, 0.2) is 35.0 Å². The summed E-state index contributed by atoms with van der Waals surface area (Å²) in [4.78, 5) is 0. The lowest BCUT2D eigenvalue weighted by molar-refractivity contribution is 0.179. The quantitative estimate of drug-likeness (QED) is 0.539. The number of allylic oxidation sites excluding steroid dienone is 1. The third-order valence-corrected chi connectivity index (χ3v) is 1.25. The van der Waals surface area contributed by atoms with Gasteiger partial charge < -0.3 is 9.62 Å². The molecule has 14 heavy (non-hydrogen) atoms. The average molecular weight is 187 g/mol. The molecular formula is C11H9NO2. The van der Waals surface area contributed by atoms with Gasteiger partial charge in [0.1, 0.15) is 0 Å². The molecule has 0 atom stereocenters. The second-order valence-corrected chi connectivity index (χ2v) is 2.26. The van der Waals surface area contributed by atoms with Crippen LogP contribution in [0.4, 0.5) is 0 Å². The largest absolute Gasteiger partial charge is 0.456 e. The Kier molecular flexibility index (Phi) is 4.75. The van der Waals surface area contributed by atoms with Crippen LogP contribution in [-0.2, 0) is 0 Å². The maximum atomic E-state index is 8.20. The van der Waals surface area contributed by atoms with Gasteiger partial charge in [-0.1, -0.05) is 12.0 Å². The van der Waals surface area contributed by atoms with Gasteiger partial charge in [-0.3, -0.25) is 0 Å². The molecule has 1 aromatic heterocycles. The van der Waals surface area contributed by atoms with Crippen LogP contribution in [0.3, 0.4) is 0 Å². The second kappa shape index (κ2) is 6.56. The lowest BCUT2D eigenvalue weighted by Crippen LogP contribution is -2.04. The molecule has 0 saturated carbocycles. The number of hydroxylamine groups is 1. The van der Waals surface area contributed by atoms with E-state index >= 15 is 0 Å². The predicted octanol–water partition coefficient (Wildman–Crippen LogP) is 1.17. The Labute approximate surface area is 82.4 Å². The van der Waals surface area contributed by atoms with Gasteiger partial charge in [-0.2, -0.15) is 0 Å². The van der Waals surface area contributed by atoms with Crippen molar-refractivity contribution >= 4 is 0 Å². The van der Waals surface area contributed by atoms with Crippen LogP contribution in [-0.4, -0.2) is 11.8 Å². The first kappa shape index (κ1) is 10.1. The molecule has 2 N–H and O–H groups in total. The zero-order valence-electron chi connectivity index (χ0n) is 7.45. The highest BCUT2D eigenvalue weighted by Gasteiger charge is 1.82. The molecule has 0 aliphatic heterocycles. The Morgan fingerprint density at radius 2 is 2.43 bits per heavy atom. The lowest BCUT2D eigenvalue weighted by Gasteiger charge is -1.81. The van der Waals surface area contributed by atoms with Crippen LogP contribution in [0.5, 0.6) is 0 Å². The molecule has 0 amide bonds. The van der Waals surface area contributed by atoms with Gasteiger partial charge in [0.2, 0.25) is 0 Å². The summed E-state index contributed by atoms with van der Waals surface area (Å²) in [5, 5.41) is 8.20. The molecular weight excluding hydrogens is 178 g/mol. The van der Waals surface area contributed by atoms with Crippen molar-refractivity contribution in [1.29, 1.82) is 0 Å².